The molecule has 3 atom stereocenters. The normalized spacial score (nSPS) is 18.8. The molecular formula is C48H77N3O8Si2. The fourth-order valence-electron chi connectivity index (χ4n) is 7.48. The molecule has 4 N–H and O–H groups in total. The number of unbranched alkanes of at least 4 members (excludes halogenated alkanes) is 2. The van der Waals surface area contributed by atoms with Crippen molar-refractivity contribution < 1.29 is 37.4 Å². The van der Waals surface area contributed by atoms with Gasteiger partial charge in [0.15, 0.2) is 45.4 Å². The van der Waals surface area contributed by atoms with E-state index < -0.39 is 16.6 Å². The first-order valence-corrected chi connectivity index (χ1v) is 27.9. The SMILES string of the molecule is C=C1CC(CCC(=O)c2cc(OC)c(OCCCCCOc3cc(N)c(C(=O)N4CC(=C)C[C@H]4CO[Si](C)(C)C(C)(C)C)cc3OC)cc2N)[C@H](CO[Si](C)(C)C(C)(C)C)C1. The van der Waals surface area contributed by atoms with E-state index in [1.807, 2.05) is 4.90 Å². The maximum atomic E-state index is 13.9. The van der Waals surface area contributed by atoms with E-state index in [1.165, 1.54) is 5.57 Å². The minimum absolute atomic E-state index is 0.00216. The summed E-state index contributed by atoms with van der Waals surface area (Å²) in [5.74, 6) is 2.47. The third-order valence-corrected chi connectivity index (χ3v) is 22.5. The molecular weight excluding hydrogens is 803 g/mol. The van der Waals surface area contributed by atoms with Crippen molar-refractivity contribution in [2.45, 2.75) is 135 Å². The Morgan fingerprint density at radius 3 is 1.70 bits per heavy atom. The van der Waals surface area contributed by atoms with Crippen molar-refractivity contribution in [2.75, 3.05) is 58.7 Å². The Morgan fingerprint density at radius 1 is 0.689 bits per heavy atom. The third-order valence-electron chi connectivity index (χ3n) is 13.5. The first-order valence-electron chi connectivity index (χ1n) is 22.0. The summed E-state index contributed by atoms with van der Waals surface area (Å²) in [6.07, 6.45) is 6.09. The van der Waals surface area contributed by atoms with Crippen LogP contribution in [0.15, 0.2) is 48.6 Å². The highest BCUT2D eigenvalue weighted by molar-refractivity contribution is 6.74. The van der Waals surface area contributed by atoms with Crippen LogP contribution in [0.2, 0.25) is 36.3 Å². The van der Waals surface area contributed by atoms with E-state index >= 15 is 0 Å². The number of ether oxygens (including phenoxy) is 4. The number of nitrogen functional groups attached to an aromatic ring is 2. The summed E-state index contributed by atoms with van der Waals surface area (Å²) in [6.45, 7) is 33.4. The molecule has 2 aromatic rings. The summed E-state index contributed by atoms with van der Waals surface area (Å²) in [5, 5.41) is 0.217. The molecule has 340 valence electrons. The van der Waals surface area contributed by atoms with Crippen LogP contribution < -0.4 is 30.4 Å². The fourth-order valence-corrected chi connectivity index (χ4v) is 9.59. The lowest BCUT2D eigenvalue weighted by molar-refractivity contribution is 0.0686. The van der Waals surface area contributed by atoms with E-state index in [2.05, 4.69) is 80.9 Å². The largest absolute Gasteiger partial charge is 0.493 e. The van der Waals surface area contributed by atoms with Crippen LogP contribution >= 0.6 is 0 Å². The van der Waals surface area contributed by atoms with Crippen LogP contribution in [0.3, 0.4) is 0 Å². The Labute approximate surface area is 369 Å². The van der Waals surface area contributed by atoms with E-state index in [1.54, 1.807) is 38.5 Å². The average molecular weight is 880 g/mol. The number of hydrogen-bond acceptors (Lipinski definition) is 10. The number of allylic oxidation sites excluding steroid dienone is 1. The molecule has 1 heterocycles. The van der Waals surface area contributed by atoms with Gasteiger partial charge < -0.3 is 44.2 Å². The second-order valence-electron chi connectivity index (χ2n) is 20.3. The number of amides is 1. The van der Waals surface area contributed by atoms with Gasteiger partial charge in [-0.1, -0.05) is 65.8 Å². The van der Waals surface area contributed by atoms with Crippen LogP contribution in [0, 0.1) is 11.8 Å². The molecule has 4 rings (SSSR count). The number of anilines is 2. The lowest BCUT2D eigenvalue weighted by Crippen LogP contribution is -2.46. The van der Waals surface area contributed by atoms with Gasteiger partial charge in [0, 0.05) is 48.6 Å². The minimum Gasteiger partial charge on any atom is -0.493 e. The topological polar surface area (TPSA) is 145 Å². The molecule has 61 heavy (non-hydrogen) atoms. The summed E-state index contributed by atoms with van der Waals surface area (Å²) in [7, 11) is -0.747. The first kappa shape index (κ1) is 49.9. The number of carbonyl (C=O) groups excluding carboxylic acids is 2. The maximum absolute atomic E-state index is 13.9. The van der Waals surface area contributed by atoms with Gasteiger partial charge in [0.25, 0.3) is 5.91 Å². The quantitative estimate of drug-likeness (QED) is 0.0409. The van der Waals surface area contributed by atoms with E-state index in [0.717, 1.165) is 50.7 Å². The monoisotopic (exact) mass is 880 g/mol. The molecule has 2 aliphatic rings. The van der Waals surface area contributed by atoms with Gasteiger partial charge in [-0.3, -0.25) is 9.59 Å². The van der Waals surface area contributed by atoms with Crippen molar-refractivity contribution in [1.29, 1.82) is 0 Å². The Hall–Kier alpha value is -3.79. The Morgan fingerprint density at radius 2 is 1.18 bits per heavy atom. The van der Waals surface area contributed by atoms with Crippen molar-refractivity contribution in [3.63, 3.8) is 0 Å². The highest BCUT2D eigenvalue weighted by Crippen LogP contribution is 2.43. The molecule has 1 aliphatic heterocycles. The molecule has 0 radical (unpaired) electrons. The number of rotatable bonds is 21. The molecule has 1 amide bonds. The number of nitrogens with zero attached hydrogens (tertiary/aromatic N) is 1. The van der Waals surface area contributed by atoms with Crippen LogP contribution in [0.5, 0.6) is 23.0 Å². The molecule has 2 fully saturated rings. The van der Waals surface area contributed by atoms with E-state index in [-0.39, 0.29) is 27.8 Å². The maximum Gasteiger partial charge on any atom is 0.256 e. The van der Waals surface area contributed by atoms with Crippen molar-refractivity contribution in [3.8, 4) is 23.0 Å². The predicted octanol–water partition coefficient (Wildman–Crippen LogP) is 10.9. The summed E-state index contributed by atoms with van der Waals surface area (Å²) in [5.41, 5.74) is 16.7. The Balaban J connectivity index is 1.25. The number of hydrogen-bond donors (Lipinski definition) is 2. The molecule has 1 saturated heterocycles. The first-order chi connectivity index (χ1) is 28.4. The van der Waals surface area contributed by atoms with Crippen LogP contribution in [0.1, 0.15) is 114 Å². The van der Waals surface area contributed by atoms with Gasteiger partial charge in [0.1, 0.15) is 0 Å². The number of benzene rings is 2. The Bertz CT molecular complexity index is 1880. The van der Waals surface area contributed by atoms with Crippen molar-refractivity contribution in [1.82, 2.24) is 4.90 Å². The zero-order valence-electron chi connectivity index (χ0n) is 39.5. The van der Waals surface area contributed by atoms with E-state index in [0.29, 0.717) is 96.5 Å². The molecule has 2 aromatic carbocycles. The smallest absolute Gasteiger partial charge is 0.256 e. The predicted molar refractivity (Wildman–Crippen MR) is 253 cm³/mol. The van der Waals surface area contributed by atoms with Crippen molar-refractivity contribution in [3.05, 3.63) is 59.7 Å². The van der Waals surface area contributed by atoms with Crippen LogP contribution in [0.25, 0.3) is 0 Å². The van der Waals surface area contributed by atoms with Crippen LogP contribution in [-0.4, -0.2) is 86.5 Å². The summed E-state index contributed by atoms with van der Waals surface area (Å²) in [6, 6.07) is 6.63. The lowest BCUT2D eigenvalue weighted by atomic mass is 9.90. The van der Waals surface area contributed by atoms with Crippen LogP contribution in [0.4, 0.5) is 11.4 Å². The molecule has 0 bridgehead atoms. The third kappa shape index (κ3) is 12.9. The number of carbonyl (C=O) groups is 2. The lowest BCUT2D eigenvalue weighted by Gasteiger charge is -2.38. The number of ketones is 1. The molecule has 0 aromatic heterocycles. The molecule has 11 nitrogen and oxygen atoms in total. The molecule has 1 saturated carbocycles. The minimum atomic E-state index is -2.00. The molecule has 13 heteroatoms. The zero-order valence-corrected chi connectivity index (χ0v) is 41.5. The summed E-state index contributed by atoms with van der Waals surface area (Å²) < 4.78 is 36.5. The molecule has 1 aliphatic carbocycles. The summed E-state index contributed by atoms with van der Waals surface area (Å²) in [4.78, 5) is 29.2. The van der Waals surface area contributed by atoms with Crippen LogP contribution in [-0.2, 0) is 8.85 Å². The molecule has 0 spiro atoms. The van der Waals surface area contributed by atoms with Gasteiger partial charge in [-0.05, 0) is 105 Å². The average Bonchev–Trinajstić information content (AvgIpc) is 3.74. The Kier molecular flexibility index (Phi) is 16.8. The van der Waals surface area contributed by atoms with Crippen molar-refractivity contribution >= 4 is 39.7 Å². The highest BCUT2D eigenvalue weighted by atomic mass is 28.4. The van der Waals surface area contributed by atoms with E-state index in [9.17, 15) is 9.59 Å². The summed E-state index contributed by atoms with van der Waals surface area (Å²) >= 11 is 0. The second kappa shape index (κ2) is 20.6. The van der Waals surface area contributed by atoms with Crippen molar-refractivity contribution in [2.24, 2.45) is 11.8 Å². The van der Waals surface area contributed by atoms with E-state index in [4.69, 9.17) is 39.3 Å². The van der Waals surface area contributed by atoms with Gasteiger partial charge in [-0.15, -0.1) is 0 Å². The number of nitrogens with two attached hydrogens (primary N) is 2. The van der Waals surface area contributed by atoms with Gasteiger partial charge in [0.05, 0.1) is 45.6 Å². The van der Waals surface area contributed by atoms with Gasteiger partial charge in [-0.25, -0.2) is 0 Å². The standard InChI is InChI=1S/C48H77N3O8Si2/c1-32-22-34(35(23-32)30-58-60(11,12)47(3,4)5)18-19-41(52)37-25-42(54-9)44(27-39(37)49)56-20-16-15-17-21-57-45-28-40(50)38(26-43(45)55-10)46(53)51-29-33(2)24-36(51)31-59-61(13,14)48(6,7)8/h25-28,34-36H,1-2,15-24,29-31,49-50H2,3-14H3/t34?,35-,36-/m0/s1. The number of methoxy groups -OCH3 is 2. The fraction of sp³-hybridized carbons (Fsp3) is 0.625. The number of Topliss-reactive ketones (excluding diaryl/α,β-unsaturated/α-hetero) is 1. The second-order valence-corrected chi connectivity index (χ2v) is 29.9. The zero-order chi connectivity index (χ0) is 45.5. The highest BCUT2D eigenvalue weighted by Gasteiger charge is 2.41. The van der Waals surface area contributed by atoms with Gasteiger partial charge in [-0.2, -0.15) is 0 Å². The van der Waals surface area contributed by atoms with Gasteiger partial charge >= 0.3 is 0 Å². The molecule has 1 unspecified atom stereocenters. The number of likely N-dealkylation sites (tertiary alicyclic amines) is 1. The van der Waals surface area contributed by atoms with Gasteiger partial charge in [0.2, 0.25) is 0 Å².